The van der Waals surface area contributed by atoms with Crippen LogP contribution < -0.4 is 10.6 Å². The Morgan fingerprint density at radius 3 is 2.30 bits per heavy atom. The van der Waals surface area contributed by atoms with Crippen LogP contribution in [-0.4, -0.2) is 57.6 Å². The second-order valence-electron chi connectivity index (χ2n) is 9.47. The van der Waals surface area contributed by atoms with Gasteiger partial charge in [-0.25, -0.2) is 9.78 Å². The van der Waals surface area contributed by atoms with E-state index in [1.54, 1.807) is 30.2 Å². The Balaban J connectivity index is 2.33. The fourth-order valence-electron chi connectivity index (χ4n) is 3.21. The van der Waals surface area contributed by atoms with E-state index in [-0.39, 0.29) is 23.4 Å². The number of imidazole rings is 1. The van der Waals surface area contributed by atoms with E-state index in [9.17, 15) is 14.4 Å². The SMILES string of the molecule is CNC(=O)[C@@H](NC(=O)c1nc(Cl)n2c1CN(C(=O)OC(C)(C)C)CCC2)C(C)(C)C. The molecule has 0 unspecified atom stereocenters. The van der Waals surface area contributed by atoms with Gasteiger partial charge in [-0.1, -0.05) is 20.8 Å². The van der Waals surface area contributed by atoms with Gasteiger partial charge in [0, 0.05) is 20.1 Å². The van der Waals surface area contributed by atoms with Gasteiger partial charge in [0.15, 0.2) is 5.69 Å². The summed E-state index contributed by atoms with van der Waals surface area (Å²) in [5, 5.41) is 5.52. The lowest BCUT2D eigenvalue weighted by atomic mass is 9.86. The standard InChI is InChI=1S/C20H32ClN5O4/c1-19(2,3)14(16(28)22-7)24-15(27)13-12-11-25(18(29)30-20(4,5)6)9-8-10-26(12)17(21)23-13/h14H,8-11H2,1-7H3,(H,22,28)(H,24,27)/t14-/m1/s1. The van der Waals surface area contributed by atoms with Crippen molar-refractivity contribution >= 4 is 29.5 Å². The number of carbonyl (C=O) groups is 3. The van der Waals surface area contributed by atoms with Crippen molar-refractivity contribution in [3.63, 3.8) is 0 Å². The molecule has 1 atom stereocenters. The Morgan fingerprint density at radius 1 is 1.13 bits per heavy atom. The smallest absolute Gasteiger partial charge is 0.410 e. The van der Waals surface area contributed by atoms with Crippen molar-refractivity contribution in [3.8, 4) is 0 Å². The van der Waals surface area contributed by atoms with Crippen LogP contribution in [0.5, 0.6) is 0 Å². The lowest BCUT2D eigenvalue weighted by Crippen LogP contribution is -2.53. The van der Waals surface area contributed by atoms with E-state index in [0.29, 0.717) is 25.2 Å². The average Bonchev–Trinajstić information content (AvgIpc) is 2.79. The first-order chi connectivity index (χ1) is 13.7. The minimum atomic E-state index is -0.765. The van der Waals surface area contributed by atoms with Crippen molar-refractivity contribution in [1.82, 2.24) is 25.1 Å². The Morgan fingerprint density at radius 2 is 1.77 bits per heavy atom. The summed E-state index contributed by atoms with van der Waals surface area (Å²) < 4.78 is 7.21. The maximum Gasteiger partial charge on any atom is 0.410 e. The van der Waals surface area contributed by atoms with E-state index >= 15 is 0 Å². The van der Waals surface area contributed by atoms with Gasteiger partial charge in [-0.15, -0.1) is 0 Å². The van der Waals surface area contributed by atoms with Crippen molar-refractivity contribution in [2.75, 3.05) is 13.6 Å². The highest BCUT2D eigenvalue weighted by Crippen LogP contribution is 2.25. The maximum atomic E-state index is 13.1. The number of nitrogens with zero attached hydrogens (tertiary/aromatic N) is 3. The molecule has 3 amide bonds. The van der Waals surface area contributed by atoms with E-state index in [0.717, 1.165) is 0 Å². The molecule has 0 aliphatic carbocycles. The molecule has 1 aromatic rings. The van der Waals surface area contributed by atoms with Crippen LogP contribution in [0.2, 0.25) is 5.28 Å². The molecule has 1 aliphatic heterocycles. The van der Waals surface area contributed by atoms with Crippen LogP contribution >= 0.6 is 11.6 Å². The van der Waals surface area contributed by atoms with Gasteiger partial charge in [-0.3, -0.25) is 9.59 Å². The third-order valence-electron chi connectivity index (χ3n) is 4.69. The number of nitrogens with one attached hydrogen (secondary N) is 2. The number of ether oxygens (including phenoxy) is 1. The van der Waals surface area contributed by atoms with Crippen LogP contribution in [0.3, 0.4) is 0 Å². The first-order valence-electron chi connectivity index (χ1n) is 10.00. The van der Waals surface area contributed by atoms with Gasteiger partial charge in [0.1, 0.15) is 11.6 Å². The van der Waals surface area contributed by atoms with Gasteiger partial charge in [0.05, 0.1) is 12.2 Å². The Kier molecular flexibility index (Phi) is 7.06. The molecule has 30 heavy (non-hydrogen) atoms. The highest BCUT2D eigenvalue weighted by atomic mass is 35.5. The second-order valence-corrected chi connectivity index (χ2v) is 9.81. The third kappa shape index (κ3) is 5.65. The maximum absolute atomic E-state index is 13.1. The van der Waals surface area contributed by atoms with E-state index < -0.39 is 29.1 Å². The fourth-order valence-corrected chi connectivity index (χ4v) is 3.48. The lowest BCUT2D eigenvalue weighted by Gasteiger charge is -2.30. The summed E-state index contributed by atoms with van der Waals surface area (Å²) in [7, 11) is 1.52. The van der Waals surface area contributed by atoms with Gasteiger partial charge in [0.2, 0.25) is 11.2 Å². The first-order valence-corrected chi connectivity index (χ1v) is 10.4. The second kappa shape index (κ2) is 8.83. The summed E-state index contributed by atoms with van der Waals surface area (Å²) in [6.45, 7) is 12.1. The number of hydrogen-bond acceptors (Lipinski definition) is 5. The number of hydrogen-bond donors (Lipinski definition) is 2. The summed E-state index contributed by atoms with van der Waals surface area (Å²) in [6.07, 6.45) is 0.184. The van der Waals surface area contributed by atoms with Crippen molar-refractivity contribution < 1.29 is 19.1 Å². The molecule has 0 bridgehead atoms. The topological polar surface area (TPSA) is 106 Å². The highest BCUT2D eigenvalue weighted by Gasteiger charge is 2.35. The fraction of sp³-hybridized carbons (Fsp3) is 0.700. The molecule has 1 aromatic heterocycles. The van der Waals surface area contributed by atoms with Gasteiger partial charge >= 0.3 is 6.09 Å². The molecule has 10 heteroatoms. The molecule has 168 valence electrons. The molecule has 2 N–H and O–H groups in total. The molecule has 9 nitrogen and oxygen atoms in total. The minimum Gasteiger partial charge on any atom is -0.444 e. The molecular formula is C20H32ClN5O4. The molecule has 0 aromatic carbocycles. The number of amides is 3. The predicted molar refractivity (Wildman–Crippen MR) is 113 cm³/mol. The first kappa shape index (κ1) is 24.0. The highest BCUT2D eigenvalue weighted by molar-refractivity contribution is 6.28. The zero-order chi connectivity index (χ0) is 22.9. The summed E-state index contributed by atoms with van der Waals surface area (Å²) in [5.41, 5.74) is -0.521. The van der Waals surface area contributed by atoms with E-state index in [2.05, 4.69) is 15.6 Å². The molecular weight excluding hydrogens is 410 g/mol. The zero-order valence-electron chi connectivity index (χ0n) is 18.8. The van der Waals surface area contributed by atoms with Crippen LogP contribution in [0.4, 0.5) is 4.79 Å². The molecule has 0 spiro atoms. The summed E-state index contributed by atoms with van der Waals surface area (Å²) in [4.78, 5) is 43.7. The normalized spacial score (nSPS) is 15.7. The summed E-state index contributed by atoms with van der Waals surface area (Å²) in [6, 6.07) is -0.765. The van der Waals surface area contributed by atoms with Crippen LogP contribution in [0.25, 0.3) is 0 Å². The van der Waals surface area contributed by atoms with Gasteiger partial charge < -0.3 is 24.8 Å². The molecule has 1 aliphatic rings. The number of halogens is 1. The van der Waals surface area contributed by atoms with Crippen molar-refractivity contribution in [3.05, 3.63) is 16.7 Å². The molecule has 0 saturated heterocycles. The molecule has 2 heterocycles. The van der Waals surface area contributed by atoms with Gasteiger partial charge in [0.25, 0.3) is 5.91 Å². The molecule has 0 saturated carbocycles. The molecule has 2 rings (SSSR count). The number of rotatable bonds is 3. The Hall–Kier alpha value is -2.29. The third-order valence-corrected chi connectivity index (χ3v) is 4.98. The number of aromatic nitrogens is 2. The Labute approximate surface area is 182 Å². The predicted octanol–water partition coefficient (Wildman–Crippen LogP) is 2.57. The largest absolute Gasteiger partial charge is 0.444 e. The van der Waals surface area contributed by atoms with E-state index in [1.165, 1.54) is 7.05 Å². The van der Waals surface area contributed by atoms with Crippen LogP contribution in [0, 0.1) is 5.41 Å². The van der Waals surface area contributed by atoms with Crippen LogP contribution in [0.15, 0.2) is 0 Å². The van der Waals surface area contributed by atoms with Gasteiger partial charge in [-0.2, -0.15) is 0 Å². The van der Waals surface area contributed by atoms with Crippen molar-refractivity contribution in [2.45, 2.75) is 72.7 Å². The van der Waals surface area contributed by atoms with Crippen molar-refractivity contribution in [2.24, 2.45) is 5.41 Å². The van der Waals surface area contributed by atoms with Crippen LogP contribution in [0.1, 0.15) is 64.1 Å². The average molecular weight is 442 g/mol. The van der Waals surface area contributed by atoms with Crippen LogP contribution in [-0.2, 0) is 22.6 Å². The van der Waals surface area contributed by atoms with Gasteiger partial charge in [-0.05, 0) is 44.2 Å². The quantitative estimate of drug-likeness (QED) is 0.749. The zero-order valence-corrected chi connectivity index (χ0v) is 19.5. The monoisotopic (exact) mass is 441 g/mol. The number of likely N-dealkylation sites (N-methyl/N-ethyl adjacent to an activating group) is 1. The number of fused-ring (bicyclic) bond motifs is 1. The molecule has 0 fully saturated rings. The molecule has 0 radical (unpaired) electrons. The Bertz CT molecular complexity index is 822. The van der Waals surface area contributed by atoms with E-state index in [1.807, 2.05) is 20.8 Å². The number of carbonyl (C=O) groups excluding carboxylic acids is 3. The summed E-state index contributed by atoms with van der Waals surface area (Å²) in [5.74, 6) is -0.817. The summed E-state index contributed by atoms with van der Waals surface area (Å²) >= 11 is 6.29. The van der Waals surface area contributed by atoms with E-state index in [4.69, 9.17) is 16.3 Å². The lowest BCUT2D eigenvalue weighted by molar-refractivity contribution is -0.124. The minimum absolute atomic E-state index is 0.105. The van der Waals surface area contributed by atoms with Crippen molar-refractivity contribution in [1.29, 1.82) is 0 Å².